The molecular formula is C20H26N2O5S. The van der Waals surface area contributed by atoms with Crippen LogP contribution in [0.4, 0.5) is 0 Å². The summed E-state index contributed by atoms with van der Waals surface area (Å²) in [5.41, 5.74) is 1.91. The first-order valence-electron chi connectivity index (χ1n) is 8.83. The number of nitrogens with zero attached hydrogens (tertiary/aromatic N) is 1. The average molecular weight is 407 g/mol. The van der Waals surface area contributed by atoms with Gasteiger partial charge in [-0.2, -0.15) is 4.31 Å². The molecule has 0 aliphatic rings. The van der Waals surface area contributed by atoms with Gasteiger partial charge in [0, 0.05) is 6.54 Å². The molecule has 2 rings (SSSR count). The maximum Gasteiger partial charge on any atom is 0.235 e. The van der Waals surface area contributed by atoms with Crippen molar-refractivity contribution in [1.29, 1.82) is 0 Å². The van der Waals surface area contributed by atoms with Gasteiger partial charge in [0.25, 0.3) is 0 Å². The molecule has 0 saturated carbocycles. The molecule has 28 heavy (non-hydrogen) atoms. The number of carbonyl (C=O) groups excluding carboxylic acids is 1. The molecular weight excluding hydrogens is 380 g/mol. The van der Waals surface area contributed by atoms with Gasteiger partial charge in [0.05, 0.1) is 26.5 Å². The third-order valence-corrected chi connectivity index (χ3v) is 5.22. The van der Waals surface area contributed by atoms with Gasteiger partial charge in [-0.15, -0.1) is 0 Å². The number of rotatable bonds is 10. The van der Waals surface area contributed by atoms with Crippen molar-refractivity contribution >= 4 is 15.9 Å². The van der Waals surface area contributed by atoms with Gasteiger partial charge in [-0.3, -0.25) is 4.79 Å². The van der Waals surface area contributed by atoms with Crippen LogP contribution in [0.3, 0.4) is 0 Å². The van der Waals surface area contributed by atoms with Crippen molar-refractivity contribution < 1.29 is 22.7 Å². The fraction of sp³-hybridized carbons (Fsp3) is 0.350. The summed E-state index contributed by atoms with van der Waals surface area (Å²) in [5.74, 6) is 0.799. The minimum atomic E-state index is -3.53. The predicted octanol–water partition coefficient (Wildman–Crippen LogP) is 1.96. The van der Waals surface area contributed by atoms with Gasteiger partial charge in [-0.25, -0.2) is 8.42 Å². The Labute approximate surface area is 166 Å². The largest absolute Gasteiger partial charge is 0.493 e. The molecule has 1 amide bonds. The fourth-order valence-corrected chi connectivity index (χ4v) is 3.23. The number of aryl methyl sites for hydroxylation is 1. The molecule has 8 heteroatoms. The number of ether oxygens (including phenoxy) is 2. The van der Waals surface area contributed by atoms with E-state index in [2.05, 4.69) is 5.32 Å². The third-order valence-electron chi connectivity index (χ3n) is 4.02. The molecule has 0 aromatic heterocycles. The lowest BCUT2D eigenvalue weighted by Crippen LogP contribution is -2.40. The minimum Gasteiger partial charge on any atom is -0.493 e. The molecule has 0 radical (unpaired) electrons. The molecule has 2 aromatic rings. The first-order chi connectivity index (χ1) is 13.3. The highest BCUT2D eigenvalue weighted by Crippen LogP contribution is 2.25. The molecule has 0 spiro atoms. The van der Waals surface area contributed by atoms with Crippen LogP contribution in [0.15, 0.2) is 48.5 Å². The zero-order valence-electron chi connectivity index (χ0n) is 16.3. The van der Waals surface area contributed by atoms with Crippen LogP contribution < -0.4 is 14.8 Å². The van der Waals surface area contributed by atoms with Gasteiger partial charge in [-0.05, 0) is 24.6 Å². The van der Waals surface area contributed by atoms with Crippen molar-refractivity contribution in [3.05, 3.63) is 59.7 Å². The second-order valence-electron chi connectivity index (χ2n) is 6.37. The molecule has 0 aliphatic carbocycles. The Kier molecular flexibility index (Phi) is 7.83. The van der Waals surface area contributed by atoms with Crippen LogP contribution in [0.2, 0.25) is 0 Å². The number of carbonyl (C=O) groups is 1. The molecule has 0 heterocycles. The molecule has 0 saturated heterocycles. The number of methoxy groups -OCH3 is 1. The van der Waals surface area contributed by atoms with Gasteiger partial charge in [-0.1, -0.05) is 42.0 Å². The lowest BCUT2D eigenvalue weighted by atomic mass is 10.1. The maximum absolute atomic E-state index is 12.2. The first kappa shape index (κ1) is 21.7. The first-order valence-corrected chi connectivity index (χ1v) is 10.7. The quantitative estimate of drug-likeness (QED) is 0.610. The molecule has 2 aromatic carbocycles. The molecule has 0 unspecified atom stereocenters. The van der Waals surface area contributed by atoms with Crippen molar-refractivity contribution in [2.24, 2.45) is 0 Å². The third kappa shape index (κ3) is 6.86. The average Bonchev–Trinajstić information content (AvgIpc) is 2.66. The lowest BCUT2D eigenvalue weighted by molar-refractivity contribution is -0.121. The van der Waals surface area contributed by atoms with Crippen molar-refractivity contribution in [2.45, 2.75) is 13.5 Å². The van der Waals surface area contributed by atoms with E-state index in [4.69, 9.17) is 9.47 Å². The van der Waals surface area contributed by atoms with Crippen molar-refractivity contribution in [2.75, 3.05) is 33.1 Å². The second kappa shape index (κ2) is 10.1. The molecule has 7 nitrogen and oxygen atoms in total. The second-order valence-corrected chi connectivity index (χ2v) is 8.35. The van der Waals surface area contributed by atoms with Crippen LogP contribution in [0.5, 0.6) is 11.5 Å². The highest BCUT2D eigenvalue weighted by atomic mass is 32.2. The zero-order chi connectivity index (χ0) is 20.6. The molecule has 152 valence electrons. The molecule has 0 atom stereocenters. The predicted molar refractivity (Wildman–Crippen MR) is 108 cm³/mol. The number of sulfonamides is 1. The minimum absolute atomic E-state index is 0.143. The Bertz CT molecular complexity index is 882. The number of hydrogen-bond acceptors (Lipinski definition) is 5. The van der Waals surface area contributed by atoms with Crippen LogP contribution >= 0.6 is 0 Å². The van der Waals surface area contributed by atoms with Crippen LogP contribution in [0, 0.1) is 6.92 Å². The Morgan fingerprint density at radius 3 is 2.32 bits per heavy atom. The number of hydrogen-bond donors (Lipinski definition) is 1. The van der Waals surface area contributed by atoms with E-state index < -0.39 is 10.0 Å². The van der Waals surface area contributed by atoms with Crippen LogP contribution in [0.1, 0.15) is 11.1 Å². The zero-order valence-corrected chi connectivity index (χ0v) is 17.2. The summed E-state index contributed by atoms with van der Waals surface area (Å²) in [5, 5.41) is 2.68. The summed E-state index contributed by atoms with van der Waals surface area (Å²) < 4.78 is 36.0. The van der Waals surface area contributed by atoms with Gasteiger partial charge in [0.1, 0.15) is 6.61 Å². The van der Waals surface area contributed by atoms with E-state index in [9.17, 15) is 13.2 Å². The van der Waals surface area contributed by atoms with Crippen LogP contribution in [-0.2, 0) is 21.4 Å². The standard InChI is InChI=1S/C20H26N2O5S/c1-16-8-10-17(11-9-16)14-22(28(3,24)25)15-20(23)21-12-13-27-19-7-5-4-6-18(19)26-2/h4-11H,12-15H2,1-3H3,(H,21,23). The Hall–Kier alpha value is -2.58. The highest BCUT2D eigenvalue weighted by Gasteiger charge is 2.20. The number of benzene rings is 2. The van der Waals surface area contributed by atoms with E-state index in [-0.39, 0.29) is 32.1 Å². The van der Waals surface area contributed by atoms with Gasteiger partial charge < -0.3 is 14.8 Å². The van der Waals surface area contributed by atoms with Crippen molar-refractivity contribution in [3.8, 4) is 11.5 Å². The van der Waals surface area contributed by atoms with Crippen LogP contribution in [-0.4, -0.2) is 51.7 Å². The Balaban J connectivity index is 1.85. The summed E-state index contributed by atoms with van der Waals surface area (Å²) >= 11 is 0. The summed E-state index contributed by atoms with van der Waals surface area (Å²) in [6.45, 7) is 2.34. The Morgan fingerprint density at radius 1 is 1.07 bits per heavy atom. The van der Waals surface area contributed by atoms with E-state index >= 15 is 0 Å². The van der Waals surface area contributed by atoms with Crippen LogP contribution in [0.25, 0.3) is 0 Å². The van der Waals surface area contributed by atoms with Gasteiger partial charge in [0.2, 0.25) is 15.9 Å². The lowest BCUT2D eigenvalue weighted by Gasteiger charge is -2.20. The summed E-state index contributed by atoms with van der Waals surface area (Å²) in [4.78, 5) is 12.2. The van der Waals surface area contributed by atoms with Gasteiger partial charge in [0.15, 0.2) is 11.5 Å². The van der Waals surface area contributed by atoms with E-state index in [1.807, 2.05) is 43.3 Å². The normalized spacial score (nSPS) is 11.3. The molecule has 0 bridgehead atoms. The van der Waals surface area contributed by atoms with Gasteiger partial charge >= 0.3 is 0 Å². The smallest absolute Gasteiger partial charge is 0.235 e. The van der Waals surface area contributed by atoms with E-state index in [0.717, 1.165) is 21.7 Å². The molecule has 1 N–H and O–H groups in total. The molecule has 0 aliphatic heterocycles. The summed E-state index contributed by atoms with van der Waals surface area (Å²) in [6.07, 6.45) is 1.10. The number of para-hydroxylation sites is 2. The van der Waals surface area contributed by atoms with E-state index in [0.29, 0.717) is 11.5 Å². The fourth-order valence-electron chi connectivity index (χ4n) is 2.49. The van der Waals surface area contributed by atoms with E-state index in [1.54, 1.807) is 19.2 Å². The number of nitrogens with one attached hydrogen (secondary N) is 1. The van der Waals surface area contributed by atoms with Crippen molar-refractivity contribution in [3.63, 3.8) is 0 Å². The Morgan fingerprint density at radius 2 is 1.71 bits per heavy atom. The highest BCUT2D eigenvalue weighted by molar-refractivity contribution is 7.88. The summed E-state index contributed by atoms with van der Waals surface area (Å²) in [7, 11) is -1.97. The number of amides is 1. The monoisotopic (exact) mass is 406 g/mol. The maximum atomic E-state index is 12.2. The SMILES string of the molecule is COc1ccccc1OCCNC(=O)CN(Cc1ccc(C)cc1)S(C)(=O)=O. The topological polar surface area (TPSA) is 84.9 Å². The van der Waals surface area contributed by atoms with E-state index in [1.165, 1.54) is 0 Å². The summed E-state index contributed by atoms with van der Waals surface area (Å²) in [6, 6.07) is 14.7. The molecule has 0 fully saturated rings. The van der Waals surface area contributed by atoms with Crippen molar-refractivity contribution in [1.82, 2.24) is 9.62 Å².